The van der Waals surface area contributed by atoms with Gasteiger partial charge in [0.2, 0.25) is 0 Å². The summed E-state index contributed by atoms with van der Waals surface area (Å²) in [6.45, 7) is 2.37. The third kappa shape index (κ3) is 3.05. The van der Waals surface area contributed by atoms with Crippen LogP contribution >= 0.6 is 0 Å². The number of anilines is 1. The van der Waals surface area contributed by atoms with Gasteiger partial charge in [0, 0.05) is 12.2 Å². The summed E-state index contributed by atoms with van der Waals surface area (Å²) in [6.07, 6.45) is -0.448. The van der Waals surface area contributed by atoms with Crippen LogP contribution in [0.5, 0.6) is 0 Å². The van der Waals surface area contributed by atoms with E-state index in [0.29, 0.717) is 6.54 Å². The molecule has 3 heteroatoms. The Morgan fingerprint density at radius 2 is 2.23 bits per heavy atom. The van der Waals surface area contributed by atoms with Crippen molar-refractivity contribution in [2.24, 2.45) is 0 Å². The first-order valence-electron chi connectivity index (χ1n) is 4.37. The molecule has 0 aliphatic carbocycles. The van der Waals surface area contributed by atoms with Crippen LogP contribution in [0.3, 0.4) is 0 Å². The Hall–Kier alpha value is -1.06. The minimum absolute atomic E-state index is 0.110. The van der Waals surface area contributed by atoms with Gasteiger partial charge in [-0.2, -0.15) is 0 Å². The highest BCUT2D eigenvalue weighted by Gasteiger charge is 2.00. The van der Waals surface area contributed by atoms with Crippen LogP contribution in [-0.2, 0) is 0 Å². The fraction of sp³-hybridized carbons (Fsp3) is 0.400. The highest BCUT2D eigenvalue weighted by atomic mass is 16.3. The monoisotopic (exact) mass is 181 g/mol. The quantitative estimate of drug-likeness (QED) is 0.653. The molecule has 1 aromatic carbocycles. The van der Waals surface area contributed by atoms with Crippen molar-refractivity contribution >= 4 is 5.69 Å². The van der Waals surface area contributed by atoms with Crippen molar-refractivity contribution < 1.29 is 10.2 Å². The van der Waals surface area contributed by atoms with Crippen molar-refractivity contribution in [2.75, 3.05) is 18.5 Å². The number of rotatable bonds is 4. The van der Waals surface area contributed by atoms with Gasteiger partial charge in [-0.1, -0.05) is 12.1 Å². The summed E-state index contributed by atoms with van der Waals surface area (Å²) in [5, 5.41) is 20.9. The lowest BCUT2D eigenvalue weighted by Gasteiger charge is -2.08. The van der Waals surface area contributed by atoms with E-state index < -0.39 is 6.10 Å². The molecule has 0 amide bonds. The van der Waals surface area contributed by atoms with Gasteiger partial charge < -0.3 is 15.5 Å². The van der Waals surface area contributed by atoms with E-state index in [1.165, 1.54) is 0 Å². The molecule has 72 valence electrons. The molecule has 1 unspecified atom stereocenters. The van der Waals surface area contributed by atoms with E-state index in [4.69, 9.17) is 5.11 Å². The summed E-state index contributed by atoms with van der Waals surface area (Å²) < 4.78 is 0. The SMILES string of the molecule is CC(O)c1cccc(NCCO)c1. The molecule has 0 fully saturated rings. The van der Waals surface area contributed by atoms with Crippen LogP contribution in [0.15, 0.2) is 24.3 Å². The Balaban J connectivity index is 2.68. The largest absolute Gasteiger partial charge is 0.395 e. The lowest BCUT2D eigenvalue weighted by Crippen LogP contribution is -2.05. The summed E-state index contributed by atoms with van der Waals surface area (Å²) in [6, 6.07) is 7.53. The van der Waals surface area contributed by atoms with Crippen molar-refractivity contribution in [3.63, 3.8) is 0 Å². The van der Waals surface area contributed by atoms with Gasteiger partial charge in [-0.3, -0.25) is 0 Å². The zero-order valence-corrected chi connectivity index (χ0v) is 7.70. The molecule has 0 saturated carbocycles. The van der Waals surface area contributed by atoms with Crippen LogP contribution in [-0.4, -0.2) is 23.4 Å². The van der Waals surface area contributed by atoms with Crippen LogP contribution in [0.25, 0.3) is 0 Å². The highest BCUT2D eigenvalue weighted by Crippen LogP contribution is 2.16. The lowest BCUT2D eigenvalue weighted by atomic mass is 10.1. The van der Waals surface area contributed by atoms with Crippen molar-refractivity contribution in [2.45, 2.75) is 13.0 Å². The van der Waals surface area contributed by atoms with E-state index in [1.807, 2.05) is 24.3 Å². The van der Waals surface area contributed by atoms with Crippen LogP contribution in [0.2, 0.25) is 0 Å². The molecule has 0 bridgehead atoms. The first-order chi connectivity index (χ1) is 6.24. The lowest BCUT2D eigenvalue weighted by molar-refractivity contribution is 0.199. The number of hydrogen-bond donors (Lipinski definition) is 3. The molecule has 0 spiro atoms. The maximum Gasteiger partial charge on any atom is 0.0762 e. The summed E-state index contributed by atoms with van der Waals surface area (Å²) in [4.78, 5) is 0. The minimum atomic E-state index is -0.448. The van der Waals surface area contributed by atoms with Crippen LogP contribution in [0, 0.1) is 0 Å². The van der Waals surface area contributed by atoms with Crippen molar-refractivity contribution in [3.05, 3.63) is 29.8 Å². The molecule has 0 aliphatic heterocycles. The Labute approximate surface area is 78.0 Å². The van der Waals surface area contributed by atoms with Crippen LogP contribution < -0.4 is 5.32 Å². The number of benzene rings is 1. The Bertz CT molecular complexity index is 261. The fourth-order valence-corrected chi connectivity index (χ4v) is 1.11. The molecule has 0 heterocycles. The number of aliphatic hydroxyl groups is 2. The van der Waals surface area contributed by atoms with E-state index in [0.717, 1.165) is 11.3 Å². The van der Waals surface area contributed by atoms with Crippen LogP contribution in [0.1, 0.15) is 18.6 Å². The van der Waals surface area contributed by atoms with Crippen molar-refractivity contribution in [1.82, 2.24) is 0 Å². The molecule has 1 rings (SSSR count). The second-order valence-corrected chi connectivity index (χ2v) is 2.95. The molecule has 0 saturated heterocycles. The van der Waals surface area contributed by atoms with Gasteiger partial charge in [-0.15, -0.1) is 0 Å². The predicted octanol–water partition coefficient (Wildman–Crippen LogP) is 1.14. The summed E-state index contributed by atoms with van der Waals surface area (Å²) in [7, 11) is 0. The Morgan fingerprint density at radius 1 is 1.46 bits per heavy atom. The molecule has 0 aliphatic rings. The molecule has 1 aromatic rings. The van der Waals surface area contributed by atoms with Gasteiger partial charge in [-0.05, 0) is 24.6 Å². The van der Waals surface area contributed by atoms with E-state index in [9.17, 15) is 5.11 Å². The molecular weight excluding hydrogens is 166 g/mol. The average molecular weight is 181 g/mol. The maximum atomic E-state index is 9.30. The third-order valence-corrected chi connectivity index (χ3v) is 1.81. The van der Waals surface area contributed by atoms with Gasteiger partial charge in [0.1, 0.15) is 0 Å². The summed E-state index contributed by atoms with van der Waals surface area (Å²) in [5.41, 5.74) is 1.80. The van der Waals surface area contributed by atoms with E-state index in [-0.39, 0.29) is 6.61 Å². The van der Waals surface area contributed by atoms with E-state index >= 15 is 0 Å². The Morgan fingerprint density at radius 3 is 2.85 bits per heavy atom. The second kappa shape index (κ2) is 4.84. The highest BCUT2D eigenvalue weighted by molar-refractivity contribution is 5.46. The molecule has 3 nitrogen and oxygen atoms in total. The van der Waals surface area contributed by atoms with E-state index in [1.54, 1.807) is 6.92 Å². The van der Waals surface area contributed by atoms with Crippen molar-refractivity contribution in [1.29, 1.82) is 0 Å². The van der Waals surface area contributed by atoms with Crippen LogP contribution in [0.4, 0.5) is 5.69 Å². The third-order valence-electron chi connectivity index (χ3n) is 1.81. The van der Waals surface area contributed by atoms with Gasteiger partial charge in [0.05, 0.1) is 12.7 Å². The number of nitrogens with one attached hydrogen (secondary N) is 1. The van der Waals surface area contributed by atoms with E-state index in [2.05, 4.69) is 5.32 Å². The predicted molar refractivity (Wildman–Crippen MR) is 52.7 cm³/mol. The summed E-state index contributed by atoms with van der Waals surface area (Å²) >= 11 is 0. The first kappa shape index (κ1) is 10.0. The normalized spacial score (nSPS) is 12.5. The topological polar surface area (TPSA) is 52.5 Å². The minimum Gasteiger partial charge on any atom is -0.395 e. The molecular formula is C10H15NO2. The molecule has 1 atom stereocenters. The van der Waals surface area contributed by atoms with Gasteiger partial charge in [-0.25, -0.2) is 0 Å². The smallest absolute Gasteiger partial charge is 0.0762 e. The molecule has 0 aromatic heterocycles. The Kier molecular flexibility index (Phi) is 3.73. The summed E-state index contributed by atoms with van der Waals surface area (Å²) in [5.74, 6) is 0. The number of hydrogen-bond acceptors (Lipinski definition) is 3. The molecule has 3 N–H and O–H groups in total. The van der Waals surface area contributed by atoms with Gasteiger partial charge in [0.15, 0.2) is 0 Å². The fourth-order valence-electron chi connectivity index (χ4n) is 1.11. The average Bonchev–Trinajstić information content (AvgIpc) is 2.15. The molecule has 0 radical (unpaired) electrons. The second-order valence-electron chi connectivity index (χ2n) is 2.95. The molecule has 13 heavy (non-hydrogen) atoms. The number of aliphatic hydroxyl groups excluding tert-OH is 2. The zero-order valence-electron chi connectivity index (χ0n) is 7.70. The van der Waals surface area contributed by atoms with Gasteiger partial charge in [0.25, 0.3) is 0 Å². The standard InChI is InChI=1S/C10H15NO2/c1-8(13)9-3-2-4-10(7-9)11-5-6-12/h2-4,7-8,11-13H,5-6H2,1H3. The maximum absolute atomic E-state index is 9.30. The van der Waals surface area contributed by atoms with Crippen molar-refractivity contribution in [3.8, 4) is 0 Å². The zero-order chi connectivity index (χ0) is 9.68. The first-order valence-corrected chi connectivity index (χ1v) is 4.37. The van der Waals surface area contributed by atoms with Gasteiger partial charge >= 0.3 is 0 Å².